The largest absolute Gasteiger partial charge is 0.308 e. The van der Waals surface area contributed by atoms with E-state index in [1.807, 2.05) is 78.9 Å². The lowest BCUT2D eigenvalue weighted by Gasteiger charge is -2.24. The Morgan fingerprint density at radius 1 is 0.562 bits per heavy atom. The van der Waals surface area contributed by atoms with Crippen LogP contribution in [0.5, 0.6) is 0 Å². The summed E-state index contributed by atoms with van der Waals surface area (Å²) in [5.41, 5.74) is 11.0. The van der Waals surface area contributed by atoms with Crippen molar-refractivity contribution in [2.75, 3.05) is 0 Å². The van der Waals surface area contributed by atoms with Gasteiger partial charge in [0, 0.05) is 32.9 Å². The Hall–Kier alpha value is -6.38. The van der Waals surface area contributed by atoms with Gasteiger partial charge < -0.3 is 4.57 Å². The topological polar surface area (TPSA) is 67.4 Å². The van der Waals surface area contributed by atoms with Crippen molar-refractivity contribution in [1.82, 2.24) is 19.5 Å². The zero-order chi connectivity index (χ0) is 32.4. The highest BCUT2D eigenvalue weighted by Crippen LogP contribution is 2.53. The molecule has 8 aromatic rings. The molecule has 0 saturated heterocycles. The van der Waals surface area contributed by atoms with E-state index in [1.165, 1.54) is 27.6 Å². The highest BCUT2D eigenvalue weighted by Gasteiger charge is 2.38. The zero-order valence-corrected chi connectivity index (χ0v) is 26.5. The molecular weight excluding hydrogens is 587 g/mol. The molecule has 0 aliphatic heterocycles. The first-order valence-electron chi connectivity index (χ1n) is 16.1. The van der Waals surface area contributed by atoms with E-state index in [0.29, 0.717) is 23.0 Å². The SMILES string of the molecule is CC1(C)c2ccccc2-c2ccc3c4ccccc4n(-c4ccc(-c5nc(-c6ccccc6)nc(-c6ccccc6)n5)cc4C#N)c3c21. The quantitative estimate of drug-likeness (QED) is 0.198. The van der Waals surface area contributed by atoms with E-state index in [4.69, 9.17) is 15.0 Å². The molecule has 1 aliphatic carbocycles. The molecule has 0 amide bonds. The van der Waals surface area contributed by atoms with Gasteiger partial charge in [-0.05, 0) is 46.5 Å². The first-order chi connectivity index (χ1) is 23.5. The second-order valence-corrected chi connectivity index (χ2v) is 12.8. The molecule has 5 heteroatoms. The van der Waals surface area contributed by atoms with E-state index in [1.54, 1.807) is 0 Å². The molecule has 6 aromatic carbocycles. The van der Waals surface area contributed by atoms with E-state index in [0.717, 1.165) is 38.8 Å². The van der Waals surface area contributed by atoms with E-state index < -0.39 is 0 Å². The fourth-order valence-electron chi connectivity index (χ4n) is 7.46. The summed E-state index contributed by atoms with van der Waals surface area (Å²) in [7, 11) is 0. The molecule has 0 unspecified atom stereocenters. The Bertz CT molecular complexity index is 2530. The molecule has 0 fully saturated rings. The molecule has 0 saturated carbocycles. The van der Waals surface area contributed by atoms with Crippen molar-refractivity contribution in [3.8, 4) is 57.0 Å². The number of hydrogen-bond acceptors (Lipinski definition) is 4. The van der Waals surface area contributed by atoms with Crippen molar-refractivity contribution >= 4 is 21.8 Å². The van der Waals surface area contributed by atoms with E-state index in [9.17, 15) is 5.26 Å². The van der Waals surface area contributed by atoms with Crippen LogP contribution in [-0.4, -0.2) is 19.5 Å². The average molecular weight is 616 g/mol. The van der Waals surface area contributed by atoms with Gasteiger partial charge in [-0.2, -0.15) is 5.26 Å². The van der Waals surface area contributed by atoms with Crippen LogP contribution in [0.25, 0.3) is 72.8 Å². The van der Waals surface area contributed by atoms with Crippen LogP contribution in [0.2, 0.25) is 0 Å². The maximum atomic E-state index is 10.7. The van der Waals surface area contributed by atoms with E-state index in [-0.39, 0.29) is 5.41 Å². The highest BCUT2D eigenvalue weighted by atomic mass is 15.0. The van der Waals surface area contributed by atoms with Gasteiger partial charge in [0.15, 0.2) is 17.5 Å². The third kappa shape index (κ3) is 4.13. The fraction of sp³-hybridized carbons (Fsp3) is 0.0698. The number of nitriles is 1. The number of nitrogens with zero attached hydrogens (tertiary/aromatic N) is 5. The van der Waals surface area contributed by atoms with Crippen molar-refractivity contribution in [2.45, 2.75) is 19.3 Å². The molecule has 0 bridgehead atoms. The van der Waals surface area contributed by atoms with E-state index in [2.05, 4.69) is 85.1 Å². The monoisotopic (exact) mass is 615 g/mol. The van der Waals surface area contributed by atoms with Crippen LogP contribution in [0.3, 0.4) is 0 Å². The first kappa shape index (κ1) is 27.9. The van der Waals surface area contributed by atoms with Crippen molar-refractivity contribution in [3.63, 3.8) is 0 Å². The molecule has 9 rings (SSSR count). The third-order valence-electron chi connectivity index (χ3n) is 9.67. The standard InChI is InChI=1S/C43H29N5/c1-43(2)35-19-11-9-17-31(35)33-22-23-34-32-18-10-12-20-37(32)48(39(34)38(33)43)36-24-21-29(25-30(36)26-44)42-46-40(27-13-5-3-6-14-27)45-41(47-42)28-15-7-4-8-16-28/h3-25H,1-2H3. The number of rotatable bonds is 4. The summed E-state index contributed by atoms with van der Waals surface area (Å²) in [5, 5.41) is 13.1. The van der Waals surface area contributed by atoms with Crippen molar-refractivity contribution in [3.05, 3.63) is 156 Å². The van der Waals surface area contributed by atoms with Crippen LogP contribution < -0.4 is 0 Å². The van der Waals surface area contributed by atoms with E-state index >= 15 is 0 Å². The molecule has 0 spiro atoms. The molecule has 2 heterocycles. The summed E-state index contributed by atoms with van der Waals surface area (Å²) in [4.78, 5) is 14.7. The average Bonchev–Trinajstić information content (AvgIpc) is 3.60. The lowest BCUT2D eigenvalue weighted by atomic mass is 9.81. The van der Waals surface area contributed by atoms with Gasteiger partial charge in [0.2, 0.25) is 0 Å². The lowest BCUT2D eigenvalue weighted by molar-refractivity contribution is 0.664. The Morgan fingerprint density at radius 3 is 1.85 bits per heavy atom. The van der Waals surface area contributed by atoms with Crippen LogP contribution >= 0.6 is 0 Å². The maximum absolute atomic E-state index is 10.7. The van der Waals surface area contributed by atoms with Gasteiger partial charge in [0.05, 0.1) is 22.3 Å². The molecule has 1 aliphatic rings. The summed E-state index contributed by atoms with van der Waals surface area (Å²) in [6.45, 7) is 4.62. The third-order valence-corrected chi connectivity index (χ3v) is 9.67. The number of aromatic nitrogens is 4. The molecule has 2 aromatic heterocycles. The van der Waals surface area contributed by atoms with Crippen LogP contribution in [0.4, 0.5) is 0 Å². The molecule has 5 nitrogen and oxygen atoms in total. The van der Waals surface area contributed by atoms with Gasteiger partial charge in [0.25, 0.3) is 0 Å². The molecular formula is C43H29N5. The minimum absolute atomic E-state index is 0.225. The van der Waals surface area contributed by atoms with Gasteiger partial charge in [-0.3, -0.25) is 0 Å². The molecule has 0 N–H and O–H groups in total. The second-order valence-electron chi connectivity index (χ2n) is 12.8. The summed E-state index contributed by atoms with van der Waals surface area (Å²) in [6, 6.07) is 50.1. The summed E-state index contributed by atoms with van der Waals surface area (Å²) < 4.78 is 2.29. The summed E-state index contributed by atoms with van der Waals surface area (Å²) in [6.07, 6.45) is 0. The van der Waals surface area contributed by atoms with Crippen LogP contribution in [0, 0.1) is 11.3 Å². The Morgan fingerprint density at radius 2 is 1.17 bits per heavy atom. The van der Waals surface area contributed by atoms with Gasteiger partial charge in [-0.1, -0.05) is 129 Å². The molecule has 0 radical (unpaired) electrons. The molecule has 0 atom stereocenters. The summed E-state index contributed by atoms with van der Waals surface area (Å²) >= 11 is 0. The van der Waals surface area contributed by atoms with Gasteiger partial charge in [-0.15, -0.1) is 0 Å². The second kappa shape index (κ2) is 10.6. The number of para-hydroxylation sites is 1. The Balaban J connectivity index is 1.28. The minimum atomic E-state index is -0.225. The zero-order valence-electron chi connectivity index (χ0n) is 26.5. The highest BCUT2D eigenvalue weighted by molar-refractivity contribution is 6.13. The number of benzene rings is 6. The van der Waals surface area contributed by atoms with Crippen molar-refractivity contribution in [2.24, 2.45) is 0 Å². The fourth-order valence-corrected chi connectivity index (χ4v) is 7.46. The van der Waals surface area contributed by atoms with Crippen LogP contribution in [0.1, 0.15) is 30.5 Å². The maximum Gasteiger partial charge on any atom is 0.164 e. The number of fused-ring (bicyclic) bond motifs is 7. The van der Waals surface area contributed by atoms with Crippen LogP contribution in [0.15, 0.2) is 140 Å². The predicted molar refractivity (Wildman–Crippen MR) is 193 cm³/mol. The smallest absolute Gasteiger partial charge is 0.164 e. The van der Waals surface area contributed by atoms with Gasteiger partial charge in [-0.25, -0.2) is 15.0 Å². The number of hydrogen-bond donors (Lipinski definition) is 0. The normalized spacial score (nSPS) is 12.9. The Kier molecular flexibility index (Phi) is 6.15. The first-order valence-corrected chi connectivity index (χ1v) is 16.1. The molecule has 226 valence electrons. The van der Waals surface area contributed by atoms with Gasteiger partial charge >= 0.3 is 0 Å². The summed E-state index contributed by atoms with van der Waals surface area (Å²) in [5.74, 6) is 1.69. The lowest BCUT2D eigenvalue weighted by Crippen LogP contribution is -2.16. The Labute approximate surface area is 278 Å². The molecule has 48 heavy (non-hydrogen) atoms. The van der Waals surface area contributed by atoms with Crippen molar-refractivity contribution < 1.29 is 0 Å². The minimum Gasteiger partial charge on any atom is -0.308 e. The van der Waals surface area contributed by atoms with Gasteiger partial charge in [0.1, 0.15) is 6.07 Å². The van der Waals surface area contributed by atoms with Crippen molar-refractivity contribution in [1.29, 1.82) is 5.26 Å². The van der Waals surface area contributed by atoms with Crippen LogP contribution in [-0.2, 0) is 5.41 Å². The predicted octanol–water partition coefficient (Wildman–Crippen LogP) is 10.1.